The van der Waals surface area contributed by atoms with E-state index < -0.39 is 0 Å². The van der Waals surface area contributed by atoms with Gasteiger partial charge in [-0.1, -0.05) is 30.3 Å². The average molecular weight is 366 g/mol. The number of amides is 2. The lowest BCUT2D eigenvalue weighted by Crippen LogP contribution is -2.55. The third-order valence-corrected chi connectivity index (χ3v) is 5.00. The Hall–Kier alpha value is -1.59. The molecular weight excluding hydrogens is 338 g/mol. The molecule has 1 aromatic rings. The van der Waals surface area contributed by atoms with E-state index in [1.807, 2.05) is 40.1 Å². The number of likely N-dealkylation sites (tertiary alicyclic amines) is 1. The van der Waals surface area contributed by atoms with Crippen LogP contribution in [0.1, 0.15) is 25.3 Å². The van der Waals surface area contributed by atoms with Crippen LogP contribution >= 0.6 is 12.4 Å². The van der Waals surface area contributed by atoms with Crippen LogP contribution in [-0.2, 0) is 16.0 Å². The summed E-state index contributed by atoms with van der Waals surface area (Å²) in [6.45, 7) is 5.85. The lowest BCUT2D eigenvalue weighted by Gasteiger charge is -2.38. The highest BCUT2D eigenvalue weighted by Gasteiger charge is 2.32. The molecule has 138 valence electrons. The second-order valence-electron chi connectivity index (χ2n) is 6.98. The summed E-state index contributed by atoms with van der Waals surface area (Å²) < 4.78 is 0. The fraction of sp³-hybridized carbons (Fsp3) is 0.579. The van der Waals surface area contributed by atoms with Crippen LogP contribution in [-0.4, -0.2) is 60.4 Å². The zero-order valence-electron chi connectivity index (χ0n) is 14.8. The monoisotopic (exact) mass is 365 g/mol. The minimum Gasteiger partial charge on any atom is -0.342 e. The molecule has 0 aromatic heterocycles. The van der Waals surface area contributed by atoms with Crippen LogP contribution in [0.15, 0.2) is 30.3 Å². The van der Waals surface area contributed by atoms with Crippen LogP contribution < -0.4 is 5.32 Å². The molecule has 2 saturated heterocycles. The molecule has 2 atom stereocenters. The molecule has 1 aromatic carbocycles. The van der Waals surface area contributed by atoms with E-state index in [1.54, 1.807) is 0 Å². The first kappa shape index (κ1) is 19.7. The summed E-state index contributed by atoms with van der Waals surface area (Å²) in [5, 5.41) is 3.37. The zero-order chi connectivity index (χ0) is 16.9. The van der Waals surface area contributed by atoms with Gasteiger partial charge in [0, 0.05) is 38.8 Å². The van der Waals surface area contributed by atoms with E-state index in [4.69, 9.17) is 0 Å². The third kappa shape index (κ3) is 5.19. The summed E-state index contributed by atoms with van der Waals surface area (Å²) in [6, 6.07) is 10.2. The minimum absolute atomic E-state index is 0. The van der Waals surface area contributed by atoms with Gasteiger partial charge in [0.2, 0.25) is 11.8 Å². The van der Waals surface area contributed by atoms with Crippen molar-refractivity contribution in [3.8, 4) is 0 Å². The number of hydrogen-bond donors (Lipinski definition) is 1. The second-order valence-corrected chi connectivity index (χ2v) is 6.98. The van der Waals surface area contributed by atoms with Gasteiger partial charge in [-0.05, 0) is 25.3 Å². The molecule has 0 radical (unpaired) electrons. The molecule has 5 nitrogen and oxygen atoms in total. The molecule has 1 N–H and O–H groups in total. The van der Waals surface area contributed by atoms with Crippen molar-refractivity contribution in [1.82, 2.24) is 15.1 Å². The summed E-state index contributed by atoms with van der Waals surface area (Å²) in [5.74, 6) is 0.316. The van der Waals surface area contributed by atoms with Gasteiger partial charge in [-0.15, -0.1) is 12.4 Å². The van der Waals surface area contributed by atoms with Crippen LogP contribution in [0.3, 0.4) is 0 Å². The van der Waals surface area contributed by atoms with Crippen LogP contribution in [0.2, 0.25) is 0 Å². The van der Waals surface area contributed by atoms with Gasteiger partial charge in [-0.25, -0.2) is 0 Å². The van der Waals surface area contributed by atoms with Crippen LogP contribution in [0.4, 0.5) is 0 Å². The first-order valence-electron chi connectivity index (χ1n) is 8.97. The maximum Gasteiger partial charge on any atom is 0.227 e. The van der Waals surface area contributed by atoms with E-state index >= 15 is 0 Å². The fourth-order valence-electron chi connectivity index (χ4n) is 3.68. The summed E-state index contributed by atoms with van der Waals surface area (Å²) in [4.78, 5) is 29.2. The number of benzene rings is 1. The number of rotatable bonds is 3. The van der Waals surface area contributed by atoms with Crippen molar-refractivity contribution in [2.45, 2.75) is 32.2 Å². The van der Waals surface area contributed by atoms with Crippen LogP contribution in [0, 0.1) is 5.92 Å². The van der Waals surface area contributed by atoms with Crippen molar-refractivity contribution in [2.24, 2.45) is 5.92 Å². The minimum atomic E-state index is -0.0382. The Morgan fingerprint density at radius 3 is 2.60 bits per heavy atom. The predicted octanol–water partition coefficient (Wildman–Crippen LogP) is 1.71. The summed E-state index contributed by atoms with van der Waals surface area (Å²) >= 11 is 0. The van der Waals surface area contributed by atoms with Gasteiger partial charge in [0.05, 0.1) is 12.3 Å². The maximum atomic E-state index is 12.8. The molecule has 25 heavy (non-hydrogen) atoms. The number of carbonyl (C=O) groups excluding carboxylic acids is 2. The molecule has 2 aliphatic heterocycles. The van der Waals surface area contributed by atoms with Crippen molar-refractivity contribution in [1.29, 1.82) is 0 Å². The number of nitrogens with zero attached hydrogens (tertiary/aromatic N) is 2. The third-order valence-electron chi connectivity index (χ3n) is 5.00. The van der Waals surface area contributed by atoms with Crippen LogP contribution in [0.5, 0.6) is 0 Å². The summed E-state index contributed by atoms with van der Waals surface area (Å²) in [5.41, 5.74) is 1.03. The Balaban J connectivity index is 0.00000225. The smallest absolute Gasteiger partial charge is 0.227 e. The Kier molecular flexibility index (Phi) is 7.26. The first-order chi connectivity index (χ1) is 11.6. The van der Waals surface area contributed by atoms with E-state index in [0.717, 1.165) is 44.6 Å². The van der Waals surface area contributed by atoms with Gasteiger partial charge in [-0.3, -0.25) is 9.59 Å². The van der Waals surface area contributed by atoms with Gasteiger partial charge in [0.25, 0.3) is 0 Å². The predicted molar refractivity (Wildman–Crippen MR) is 101 cm³/mol. The van der Waals surface area contributed by atoms with Gasteiger partial charge in [-0.2, -0.15) is 0 Å². The molecular formula is C19H28ClN3O2. The van der Waals surface area contributed by atoms with E-state index in [-0.39, 0.29) is 30.1 Å². The number of nitrogens with one attached hydrogen (secondary N) is 1. The first-order valence-corrected chi connectivity index (χ1v) is 8.97. The van der Waals surface area contributed by atoms with Crippen molar-refractivity contribution >= 4 is 24.2 Å². The molecule has 6 heteroatoms. The number of piperazine rings is 1. The Labute approximate surface area is 156 Å². The molecule has 3 rings (SSSR count). The lowest BCUT2D eigenvalue weighted by molar-refractivity contribution is -0.141. The van der Waals surface area contributed by atoms with Crippen LogP contribution in [0.25, 0.3) is 0 Å². The number of piperidine rings is 1. The maximum absolute atomic E-state index is 12.8. The van der Waals surface area contributed by atoms with Crippen molar-refractivity contribution in [3.05, 3.63) is 35.9 Å². The van der Waals surface area contributed by atoms with Gasteiger partial charge >= 0.3 is 0 Å². The normalized spacial score (nSPS) is 23.7. The summed E-state index contributed by atoms with van der Waals surface area (Å²) in [7, 11) is 0. The largest absolute Gasteiger partial charge is 0.342 e. The number of halogens is 1. The van der Waals surface area contributed by atoms with Crippen molar-refractivity contribution in [3.63, 3.8) is 0 Å². The standard InChI is InChI=1S/C19H27N3O2.ClH/c1-15-13-22(11-9-20-15)19(24)17-8-5-10-21(14-17)18(23)12-16-6-3-2-4-7-16;/h2-4,6-7,15,17,20H,5,8-14H2,1H3;1H. The van der Waals surface area contributed by atoms with Gasteiger partial charge in [0.15, 0.2) is 0 Å². The Bertz CT molecular complexity index is 581. The SMILES string of the molecule is CC1CN(C(=O)C2CCCN(C(=O)Cc3ccccc3)C2)CCN1.Cl. The van der Waals surface area contributed by atoms with E-state index in [0.29, 0.717) is 19.0 Å². The van der Waals surface area contributed by atoms with E-state index in [1.165, 1.54) is 0 Å². The highest BCUT2D eigenvalue weighted by atomic mass is 35.5. The number of hydrogen-bond acceptors (Lipinski definition) is 3. The van der Waals surface area contributed by atoms with Crippen molar-refractivity contribution < 1.29 is 9.59 Å². The molecule has 2 amide bonds. The molecule has 2 heterocycles. The topological polar surface area (TPSA) is 52.7 Å². The molecule has 0 spiro atoms. The zero-order valence-corrected chi connectivity index (χ0v) is 15.6. The van der Waals surface area contributed by atoms with E-state index in [9.17, 15) is 9.59 Å². The highest BCUT2D eigenvalue weighted by Crippen LogP contribution is 2.20. The molecule has 0 aliphatic carbocycles. The van der Waals surface area contributed by atoms with E-state index in [2.05, 4.69) is 12.2 Å². The Morgan fingerprint density at radius 2 is 1.88 bits per heavy atom. The quantitative estimate of drug-likeness (QED) is 0.887. The summed E-state index contributed by atoms with van der Waals surface area (Å²) in [6.07, 6.45) is 2.23. The fourth-order valence-corrected chi connectivity index (χ4v) is 3.68. The molecule has 2 unspecified atom stereocenters. The molecule has 0 saturated carbocycles. The molecule has 0 bridgehead atoms. The second kappa shape index (κ2) is 9.20. The van der Waals surface area contributed by atoms with Crippen molar-refractivity contribution in [2.75, 3.05) is 32.7 Å². The van der Waals surface area contributed by atoms with Gasteiger partial charge < -0.3 is 15.1 Å². The molecule has 2 fully saturated rings. The highest BCUT2D eigenvalue weighted by molar-refractivity contribution is 5.85. The lowest BCUT2D eigenvalue weighted by atomic mass is 9.95. The number of carbonyl (C=O) groups is 2. The molecule has 2 aliphatic rings. The Morgan fingerprint density at radius 1 is 1.12 bits per heavy atom. The van der Waals surface area contributed by atoms with Gasteiger partial charge in [0.1, 0.15) is 0 Å². The average Bonchev–Trinajstić information content (AvgIpc) is 2.62.